The minimum Gasteiger partial charge on any atom is -0.504 e. The van der Waals surface area contributed by atoms with Crippen molar-refractivity contribution in [3.8, 4) is 22.1 Å². The van der Waals surface area contributed by atoms with Crippen LogP contribution in [0.4, 0.5) is 11.5 Å². The van der Waals surface area contributed by atoms with Crippen LogP contribution in [-0.4, -0.2) is 51.4 Å². The van der Waals surface area contributed by atoms with Crippen LogP contribution in [0, 0.1) is 39.6 Å². The average molecular weight is 977 g/mol. The molecule has 0 bridgehead atoms. The van der Waals surface area contributed by atoms with Crippen LogP contribution >= 0.6 is 45.5 Å². The lowest BCUT2D eigenvalue weighted by Gasteiger charge is -2.49. The summed E-state index contributed by atoms with van der Waals surface area (Å²) in [7, 11) is 3.16. The zero-order valence-electron chi connectivity index (χ0n) is 33.9. The Morgan fingerprint density at radius 1 is 0.919 bits per heavy atom. The van der Waals surface area contributed by atoms with Crippen LogP contribution in [-0.2, 0) is 26.2 Å². The lowest BCUT2D eigenvalue weighted by molar-refractivity contribution is -0.131. The summed E-state index contributed by atoms with van der Waals surface area (Å²) in [4.78, 5) is 76.0. The molecule has 0 radical (unpaired) electrons. The van der Waals surface area contributed by atoms with Crippen molar-refractivity contribution in [2.45, 2.75) is 32.6 Å². The number of anilines is 2. The maximum absolute atomic E-state index is 15.3. The molecule has 6 atom stereocenters. The number of aromatic nitrogens is 2. The molecule has 10 rings (SSSR count). The number of methoxy groups -OCH3 is 1. The SMILES string of the molecule is COc1cc(C2C3=CCC4C(=O)N(c5ccc(C(=O)c6ccccc6)cc5)C(=O)C4C3CC3C(=O)N(c4cc(-c5sc6ccc(Cl)cc6c5C)nn4C)C(=O)C32C)cc(I)c1O. The van der Waals surface area contributed by atoms with Gasteiger partial charge in [0.05, 0.1) is 44.4 Å². The minimum atomic E-state index is -1.33. The van der Waals surface area contributed by atoms with Crippen LogP contribution in [0.2, 0.25) is 5.02 Å². The van der Waals surface area contributed by atoms with Gasteiger partial charge in [-0.3, -0.25) is 33.6 Å². The van der Waals surface area contributed by atoms with Gasteiger partial charge in [-0.05, 0) is 126 Å². The Morgan fingerprint density at radius 3 is 2.37 bits per heavy atom. The molecule has 4 heterocycles. The molecule has 3 fully saturated rings. The molecule has 1 N–H and O–H groups in total. The molecule has 2 aromatic heterocycles. The number of rotatable bonds is 7. The van der Waals surface area contributed by atoms with Crippen molar-refractivity contribution in [1.82, 2.24) is 9.78 Å². The number of nitrogens with zero attached hydrogens (tertiary/aromatic N) is 4. The zero-order chi connectivity index (χ0) is 43.5. The molecule has 2 aliphatic heterocycles. The normalized spacial score (nSPS) is 24.4. The molecule has 0 spiro atoms. The highest BCUT2D eigenvalue weighted by molar-refractivity contribution is 14.1. The first-order valence-corrected chi connectivity index (χ1v) is 22.5. The predicted molar refractivity (Wildman–Crippen MR) is 245 cm³/mol. The first-order valence-electron chi connectivity index (χ1n) is 20.2. The van der Waals surface area contributed by atoms with Crippen LogP contribution in [0.15, 0.2) is 103 Å². The van der Waals surface area contributed by atoms with Gasteiger partial charge in [0, 0.05) is 39.9 Å². The Balaban J connectivity index is 1.05. The maximum atomic E-state index is 15.3. The number of ketones is 1. The number of aromatic hydroxyl groups is 1. The molecule has 6 aromatic rings. The van der Waals surface area contributed by atoms with Crippen molar-refractivity contribution in [3.05, 3.63) is 133 Å². The summed E-state index contributed by atoms with van der Waals surface area (Å²) in [5, 5.41) is 17.4. The fourth-order valence-corrected chi connectivity index (χ4v) is 12.5. The van der Waals surface area contributed by atoms with Crippen LogP contribution in [0.25, 0.3) is 20.7 Å². The highest BCUT2D eigenvalue weighted by Crippen LogP contribution is 2.64. The topological polar surface area (TPSA) is 139 Å². The summed E-state index contributed by atoms with van der Waals surface area (Å²) in [6.45, 7) is 3.82. The van der Waals surface area contributed by atoms with E-state index in [4.69, 9.17) is 21.4 Å². The van der Waals surface area contributed by atoms with Gasteiger partial charge in [0.1, 0.15) is 11.5 Å². The van der Waals surface area contributed by atoms with Crippen LogP contribution in [0.5, 0.6) is 11.5 Å². The van der Waals surface area contributed by atoms with Crippen molar-refractivity contribution < 1.29 is 33.8 Å². The highest BCUT2D eigenvalue weighted by Gasteiger charge is 2.68. The largest absolute Gasteiger partial charge is 0.504 e. The second-order valence-electron chi connectivity index (χ2n) is 16.7. The average Bonchev–Trinajstić information content (AvgIpc) is 3.94. The number of halogens is 2. The summed E-state index contributed by atoms with van der Waals surface area (Å²) in [5.74, 6) is -4.92. The molecule has 6 unspecified atom stereocenters. The number of phenols is 1. The quantitative estimate of drug-likeness (QED) is 0.0724. The second kappa shape index (κ2) is 14.7. The predicted octanol–water partition coefficient (Wildman–Crippen LogP) is 9.25. The van der Waals surface area contributed by atoms with E-state index in [1.54, 1.807) is 89.8 Å². The van der Waals surface area contributed by atoms with Gasteiger partial charge < -0.3 is 9.84 Å². The van der Waals surface area contributed by atoms with Gasteiger partial charge in [-0.2, -0.15) is 5.10 Å². The van der Waals surface area contributed by atoms with Crippen molar-refractivity contribution in [2.24, 2.45) is 36.1 Å². The first-order chi connectivity index (χ1) is 29.7. The smallest absolute Gasteiger partial charge is 0.242 e. The number of carbonyl (C=O) groups excluding carboxylic acids is 5. The molecule has 4 aromatic carbocycles. The molecule has 4 aliphatic rings. The van der Waals surface area contributed by atoms with Gasteiger partial charge in [0.25, 0.3) is 0 Å². The summed E-state index contributed by atoms with van der Waals surface area (Å²) in [5.41, 5.74) is 3.01. The van der Waals surface area contributed by atoms with E-state index in [0.717, 1.165) is 26.1 Å². The number of carbonyl (C=O) groups is 5. The molecule has 2 saturated heterocycles. The molecule has 11 nitrogen and oxygen atoms in total. The van der Waals surface area contributed by atoms with E-state index in [0.29, 0.717) is 42.5 Å². The summed E-state index contributed by atoms with van der Waals surface area (Å²) in [6, 6.07) is 26.4. The molecule has 1 saturated carbocycles. The lowest BCUT2D eigenvalue weighted by atomic mass is 9.51. The molecular formula is C48H38ClIN4O7S. The molecule has 62 heavy (non-hydrogen) atoms. The zero-order valence-corrected chi connectivity index (χ0v) is 37.6. The Labute approximate surface area is 379 Å². The summed E-state index contributed by atoms with van der Waals surface area (Å²) in [6.07, 6.45) is 2.40. The number of fused-ring (bicyclic) bond motifs is 5. The van der Waals surface area contributed by atoms with Crippen molar-refractivity contribution in [1.29, 1.82) is 0 Å². The number of allylic oxidation sites excluding steroid dienone is 2. The Kier molecular flexibility index (Phi) is 9.61. The number of imide groups is 2. The second-order valence-corrected chi connectivity index (χ2v) is 19.3. The number of thiophene rings is 1. The third-order valence-corrected chi connectivity index (χ3v) is 15.9. The molecule has 14 heteroatoms. The Morgan fingerprint density at radius 2 is 1.65 bits per heavy atom. The number of hydrogen-bond donors (Lipinski definition) is 1. The number of hydrogen-bond acceptors (Lipinski definition) is 9. The fourth-order valence-electron chi connectivity index (χ4n) is 10.5. The van der Waals surface area contributed by atoms with Gasteiger partial charge in [0.2, 0.25) is 23.6 Å². The third-order valence-electron chi connectivity index (χ3n) is 13.5. The van der Waals surface area contributed by atoms with E-state index in [1.807, 2.05) is 66.8 Å². The number of aryl methyl sites for hydroxylation is 2. The van der Waals surface area contributed by atoms with Gasteiger partial charge in [-0.25, -0.2) is 4.90 Å². The number of ether oxygens (including phenoxy) is 1. The van der Waals surface area contributed by atoms with Crippen LogP contribution in [0.3, 0.4) is 0 Å². The molecular weight excluding hydrogens is 939 g/mol. The van der Waals surface area contributed by atoms with Crippen molar-refractivity contribution >= 4 is 96.5 Å². The van der Waals surface area contributed by atoms with E-state index in [1.165, 1.54) is 16.9 Å². The van der Waals surface area contributed by atoms with E-state index in [9.17, 15) is 19.5 Å². The summed E-state index contributed by atoms with van der Waals surface area (Å²) >= 11 is 9.93. The molecule has 312 valence electrons. The third kappa shape index (κ3) is 5.87. The van der Waals surface area contributed by atoms with Gasteiger partial charge in [-0.15, -0.1) is 11.3 Å². The van der Waals surface area contributed by atoms with E-state index < -0.39 is 46.8 Å². The van der Waals surface area contributed by atoms with E-state index in [2.05, 4.69) is 0 Å². The van der Waals surface area contributed by atoms with Gasteiger partial charge in [0.15, 0.2) is 17.3 Å². The number of benzene rings is 4. The molecule has 4 amide bonds. The Hall–Kier alpha value is -5.64. The maximum Gasteiger partial charge on any atom is 0.242 e. The standard InChI is InChI=1S/C48H38ClIN4O7S/c1-23-31-20-27(49)12-17-37(31)62-43(23)35-22-38(52(3)51-35)54-45(58)33-21-32-29(40(48(33,2)47(54)60)26-18-34(50)42(56)36(19-26)61-4)15-16-30-39(32)46(59)53(44(30)57)28-13-10-25(11-14-28)41(55)24-8-6-5-7-9-24/h5-15,17-20,22,30,32-33,39-40,56H,16,21H2,1-4H3. The van der Waals surface area contributed by atoms with Gasteiger partial charge >= 0.3 is 0 Å². The molecule has 2 aliphatic carbocycles. The van der Waals surface area contributed by atoms with E-state index in [-0.39, 0.29) is 41.9 Å². The lowest BCUT2D eigenvalue weighted by Crippen LogP contribution is -2.49. The van der Waals surface area contributed by atoms with Crippen LogP contribution < -0.4 is 14.5 Å². The monoisotopic (exact) mass is 976 g/mol. The van der Waals surface area contributed by atoms with Crippen LogP contribution in [0.1, 0.15) is 52.7 Å². The first kappa shape index (κ1) is 40.4. The number of phenolic OH excluding ortho intramolecular Hbond substituents is 1. The number of amides is 4. The van der Waals surface area contributed by atoms with E-state index >= 15 is 9.59 Å². The Bertz CT molecular complexity index is 2980. The van der Waals surface area contributed by atoms with Gasteiger partial charge in [-0.1, -0.05) is 53.6 Å². The van der Waals surface area contributed by atoms with Crippen molar-refractivity contribution in [2.75, 3.05) is 16.9 Å². The highest BCUT2D eigenvalue weighted by atomic mass is 127. The minimum absolute atomic E-state index is 0.0519. The summed E-state index contributed by atoms with van der Waals surface area (Å²) < 4.78 is 8.69. The fraction of sp³-hybridized carbons (Fsp3) is 0.250. The van der Waals surface area contributed by atoms with Crippen molar-refractivity contribution in [3.63, 3.8) is 0 Å².